The number of sulfone groups is 1. The summed E-state index contributed by atoms with van der Waals surface area (Å²) in [5, 5.41) is 19.2. The van der Waals surface area contributed by atoms with Crippen LogP contribution < -0.4 is 0 Å². The molecule has 0 heterocycles. The molecule has 0 spiro atoms. The number of hydrogen-bond acceptors (Lipinski definition) is 5. The molecule has 0 aliphatic rings. The number of benzene rings is 1. The molecular formula is C9H8N2O4S. The maximum absolute atomic E-state index is 11.5. The minimum Gasteiger partial charge on any atom is -0.258 e. The van der Waals surface area contributed by atoms with E-state index in [-0.39, 0.29) is 16.2 Å². The van der Waals surface area contributed by atoms with Crippen LogP contribution in [0.5, 0.6) is 0 Å². The Kier molecular flexibility index (Phi) is 3.25. The van der Waals surface area contributed by atoms with Gasteiger partial charge in [-0.1, -0.05) is 6.92 Å². The molecule has 84 valence electrons. The number of nitrogens with zero attached hydrogens (tertiary/aromatic N) is 2. The van der Waals surface area contributed by atoms with Gasteiger partial charge in [0.05, 0.1) is 15.6 Å². The molecular weight excluding hydrogens is 232 g/mol. The first-order valence-electron chi connectivity index (χ1n) is 4.33. The molecule has 0 aliphatic heterocycles. The van der Waals surface area contributed by atoms with Crippen molar-refractivity contribution in [2.24, 2.45) is 0 Å². The van der Waals surface area contributed by atoms with E-state index in [1.54, 1.807) is 6.07 Å². The summed E-state index contributed by atoms with van der Waals surface area (Å²) >= 11 is 0. The second-order valence-electron chi connectivity index (χ2n) is 2.95. The van der Waals surface area contributed by atoms with Gasteiger partial charge in [0, 0.05) is 6.07 Å². The van der Waals surface area contributed by atoms with Crippen LogP contribution in [0.1, 0.15) is 12.5 Å². The topological polar surface area (TPSA) is 101 Å². The average molecular weight is 240 g/mol. The van der Waals surface area contributed by atoms with Crippen molar-refractivity contribution in [2.45, 2.75) is 11.8 Å². The molecule has 0 N–H and O–H groups in total. The summed E-state index contributed by atoms with van der Waals surface area (Å²) in [5.74, 6) is -0.143. The third-order valence-corrected chi connectivity index (χ3v) is 3.76. The average Bonchev–Trinajstić information content (AvgIpc) is 2.28. The minimum absolute atomic E-state index is 0.138. The van der Waals surface area contributed by atoms with E-state index < -0.39 is 20.4 Å². The summed E-state index contributed by atoms with van der Waals surface area (Å²) < 4.78 is 22.9. The molecule has 0 atom stereocenters. The monoisotopic (exact) mass is 240 g/mol. The molecule has 0 fully saturated rings. The smallest absolute Gasteiger partial charge is 0.258 e. The summed E-state index contributed by atoms with van der Waals surface area (Å²) in [6.07, 6.45) is 0. The van der Waals surface area contributed by atoms with Gasteiger partial charge in [-0.05, 0) is 12.1 Å². The molecule has 0 saturated heterocycles. The molecule has 0 bridgehead atoms. The van der Waals surface area contributed by atoms with Gasteiger partial charge >= 0.3 is 0 Å². The maximum atomic E-state index is 11.5. The van der Waals surface area contributed by atoms with E-state index in [0.29, 0.717) is 0 Å². The van der Waals surface area contributed by atoms with Crippen LogP contribution in [0, 0.1) is 21.4 Å². The second kappa shape index (κ2) is 4.28. The summed E-state index contributed by atoms with van der Waals surface area (Å²) in [4.78, 5) is 9.70. The Labute approximate surface area is 92.2 Å². The quantitative estimate of drug-likeness (QED) is 0.584. The zero-order chi connectivity index (χ0) is 12.3. The van der Waals surface area contributed by atoms with E-state index in [0.717, 1.165) is 12.1 Å². The van der Waals surface area contributed by atoms with Crippen molar-refractivity contribution < 1.29 is 13.3 Å². The SMILES string of the molecule is CCS(=O)(=O)c1ccc(C#N)c([N+](=O)[O-])c1. The number of nitriles is 1. The largest absolute Gasteiger partial charge is 0.288 e. The Morgan fingerprint density at radius 2 is 2.12 bits per heavy atom. The number of rotatable bonds is 3. The molecule has 0 aliphatic carbocycles. The highest BCUT2D eigenvalue weighted by atomic mass is 32.2. The van der Waals surface area contributed by atoms with E-state index in [2.05, 4.69) is 0 Å². The van der Waals surface area contributed by atoms with Crippen LogP contribution in [0.4, 0.5) is 5.69 Å². The fourth-order valence-electron chi connectivity index (χ4n) is 1.12. The van der Waals surface area contributed by atoms with Gasteiger partial charge in [0.25, 0.3) is 5.69 Å². The summed E-state index contributed by atoms with van der Waals surface area (Å²) in [5.41, 5.74) is -0.642. The molecule has 0 saturated carbocycles. The number of nitro benzene ring substituents is 1. The fraction of sp³-hybridized carbons (Fsp3) is 0.222. The summed E-state index contributed by atoms with van der Waals surface area (Å²) in [7, 11) is -3.49. The van der Waals surface area contributed by atoms with Gasteiger partial charge in [0.1, 0.15) is 11.6 Å². The van der Waals surface area contributed by atoms with Crippen molar-refractivity contribution in [3.8, 4) is 6.07 Å². The Morgan fingerprint density at radius 3 is 2.56 bits per heavy atom. The second-order valence-corrected chi connectivity index (χ2v) is 5.23. The Bertz CT molecular complexity index is 572. The highest BCUT2D eigenvalue weighted by Crippen LogP contribution is 2.22. The van der Waals surface area contributed by atoms with E-state index in [9.17, 15) is 18.5 Å². The standard InChI is InChI=1S/C9H8N2O4S/c1-2-16(14,15)8-4-3-7(6-10)9(5-8)11(12)13/h3-5H,2H2,1H3. The molecule has 1 aromatic rings. The lowest BCUT2D eigenvalue weighted by molar-refractivity contribution is -0.385. The van der Waals surface area contributed by atoms with Crippen LogP contribution in [0.25, 0.3) is 0 Å². The van der Waals surface area contributed by atoms with Crippen molar-refractivity contribution in [2.75, 3.05) is 5.75 Å². The van der Waals surface area contributed by atoms with Crippen molar-refractivity contribution in [3.63, 3.8) is 0 Å². The van der Waals surface area contributed by atoms with Gasteiger partial charge in [0.2, 0.25) is 0 Å². The lowest BCUT2D eigenvalue weighted by Gasteiger charge is -2.01. The van der Waals surface area contributed by atoms with Gasteiger partial charge in [-0.3, -0.25) is 10.1 Å². The van der Waals surface area contributed by atoms with Gasteiger partial charge in [0.15, 0.2) is 9.84 Å². The third-order valence-electron chi connectivity index (χ3n) is 2.03. The van der Waals surface area contributed by atoms with E-state index in [1.165, 1.54) is 13.0 Å². The van der Waals surface area contributed by atoms with Gasteiger partial charge in [-0.15, -0.1) is 0 Å². The van der Waals surface area contributed by atoms with Crippen molar-refractivity contribution in [1.29, 1.82) is 5.26 Å². The molecule has 0 unspecified atom stereocenters. The number of hydrogen-bond donors (Lipinski definition) is 0. The van der Waals surface area contributed by atoms with Crippen LogP contribution >= 0.6 is 0 Å². The molecule has 1 rings (SSSR count). The Hall–Kier alpha value is -1.94. The molecule has 7 heteroatoms. The van der Waals surface area contributed by atoms with Gasteiger partial charge in [-0.25, -0.2) is 8.42 Å². The van der Waals surface area contributed by atoms with Gasteiger partial charge < -0.3 is 0 Å². The van der Waals surface area contributed by atoms with Crippen LogP contribution in [-0.4, -0.2) is 19.1 Å². The van der Waals surface area contributed by atoms with E-state index in [4.69, 9.17) is 5.26 Å². The predicted octanol–water partition coefficient (Wildman–Crippen LogP) is 1.26. The van der Waals surface area contributed by atoms with Crippen LogP contribution in [0.15, 0.2) is 23.1 Å². The van der Waals surface area contributed by atoms with E-state index >= 15 is 0 Å². The molecule has 1 aromatic carbocycles. The third kappa shape index (κ3) is 2.17. The molecule has 0 aromatic heterocycles. The maximum Gasteiger partial charge on any atom is 0.288 e. The Morgan fingerprint density at radius 1 is 1.50 bits per heavy atom. The zero-order valence-electron chi connectivity index (χ0n) is 8.37. The number of nitro groups is 1. The zero-order valence-corrected chi connectivity index (χ0v) is 9.19. The molecule has 16 heavy (non-hydrogen) atoms. The molecule has 0 amide bonds. The van der Waals surface area contributed by atoms with E-state index in [1.807, 2.05) is 0 Å². The summed E-state index contributed by atoms with van der Waals surface area (Å²) in [6, 6.07) is 4.89. The molecule has 0 radical (unpaired) electrons. The Balaban J connectivity index is 3.47. The van der Waals surface area contributed by atoms with Crippen LogP contribution in [-0.2, 0) is 9.84 Å². The minimum atomic E-state index is -3.49. The van der Waals surface area contributed by atoms with Crippen molar-refractivity contribution in [3.05, 3.63) is 33.9 Å². The summed E-state index contributed by atoms with van der Waals surface area (Å²) in [6.45, 7) is 1.44. The van der Waals surface area contributed by atoms with Crippen LogP contribution in [0.2, 0.25) is 0 Å². The van der Waals surface area contributed by atoms with Crippen molar-refractivity contribution >= 4 is 15.5 Å². The highest BCUT2D eigenvalue weighted by molar-refractivity contribution is 7.91. The van der Waals surface area contributed by atoms with Crippen molar-refractivity contribution in [1.82, 2.24) is 0 Å². The fourth-order valence-corrected chi connectivity index (χ4v) is 2.02. The van der Waals surface area contributed by atoms with Gasteiger partial charge in [-0.2, -0.15) is 5.26 Å². The first kappa shape index (κ1) is 12.1. The highest BCUT2D eigenvalue weighted by Gasteiger charge is 2.19. The lowest BCUT2D eigenvalue weighted by atomic mass is 10.2. The van der Waals surface area contributed by atoms with Crippen LogP contribution in [0.3, 0.4) is 0 Å². The normalized spacial score (nSPS) is 10.8. The predicted molar refractivity (Wildman–Crippen MR) is 55.5 cm³/mol. The molecule has 6 nitrogen and oxygen atoms in total. The lowest BCUT2D eigenvalue weighted by Crippen LogP contribution is -2.05. The first-order valence-corrected chi connectivity index (χ1v) is 5.99. The first-order chi connectivity index (χ1) is 7.42.